The molecule has 1 nitrogen and oxygen atoms in total. The van der Waals surface area contributed by atoms with E-state index in [0.717, 1.165) is 17.8 Å². The van der Waals surface area contributed by atoms with E-state index in [1.165, 1.54) is 21.4 Å². The third kappa shape index (κ3) is 3.31. The average molecular weight is 297 g/mol. The van der Waals surface area contributed by atoms with Gasteiger partial charge in [0, 0.05) is 22.0 Å². The van der Waals surface area contributed by atoms with Gasteiger partial charge < -0.3 is 5.32 Å². The van der Waals surface area contributed by atoms with Crippen LogP contribution in [0.2, 0.25) is 0 Å². The minimum Gasteiger partial charge on any atom is -0.380 e. The smallest absolute Gasteiger partial charge is 0.123 e. The highest BCUT2D eigenvalue weighted by molar-refractivity contribution is 7.15. The Labute approximate surface area is 128 Å². The molecular weight excluding hydrogens is 281 g/mol. The molecule has 1 N–H and O–H groups in total. The Morgan fingerprint density at radius 3 is 2.57 bits per heavy atom. The van der Waals surface area contributed by atoms with E-state index in [0.29, 0.717) is 0 Å². The lowest BCUT2D eigenvalue weighted by Crippen LogP contribution is -1.99. The van der Waals surface area contributed by atoms with Crippen LogP contribution in [0.15, 0.2) is 60.7 Å². The third-order valence-corrected chi connectivity index (χ3v) is 4.50. The van der Waals surface area contributed by atoms with Crippen molar-refractivity contribution in [2.45, 2.75) is 13.5 Å². The number of thiophene rings is 1. The molecule has 0 atom stereocenters. The van der Waals surface area contributed by atoms with Crippen LogP contribution in [0.1, 0.15) is 10.4 Å². The number of anilines is 1. The van der Waals surface area contributed by atoms with Gasteiger partial charge in [-0.3, -0.25) is 0 Å². The van der Waals surface area contributed by atoms with Crippen LogP contribution < -0.4 is 5.32 Å². The summed E-state index contributed by atoms with van der Waals surface area (Å²) in [6, 6.07) is 19.5. The molecule has 1 heterocycles. The topological polar surface area (TPSA) is 12.0 Å². The van der Waals surface area contributed by atoms with Crippen LogP contribution in [0.4, 0.5) is 10.1 Å². The van der Waals surface area contributed by atoms with Crippen molar-refractivity contribution in [1.29, 1.82) is 0 Å². The Hall–Kier alpha value is -2.13. The van der Waals surface area contributed by atoms with Gasteiger partial charge in [-0.1, -0.05) is 30.3 Å². The molecule has 2 aromatic carbocycles. The van der Waals surface area contributed by atoms with Crippen molar-refractivity contribution in [3.8, 4) is 10.4 Å². The molecule has 0 saturated heterocycles. The van der Waals surface area contributed by atoms with Crippen LogP contribution in [0.25, 0.3) is 10.4 Å². The zero-order chi connectivity index (χ0) is 14.7. The third-order valence-electron chi connectivity index (χ3n) is 3.36. The second-order valence-electron chi connectivity index (χ2n) is 4.94. The predicted octanol–water partition coefficient (Wildman–Crippen LogP) is 5.47. The Bertz CT molecular complexity index is 734. The van der Waals surface area contributed by atoms with Crippen molar-refractivity contribution in [2.75, 3.05) is 5.32 Å². The quantitative estimate of drug-likeness (QED) is 0.673. The van der Waals surface area contributed by atoms with Crippen LogP contribution in [0.3, 0.4) is 0 Å². The van der Waals surface area contributed by atoms with Crippen molar-refractivity contribution in [3.05, 3.63) is 76.9 Å². The fourth-order valence-corrected chi connectivity index (χ4v) is 3.19. The SMILES string of the molecule is Cc1cc(F)ccc1NCc1ccc(-c2ccccc2)s1. The summed E-state index contributed by atoms with van der Waals surface area (Å²) in [5.41, 5.74) is 3.15. The summed E-state index contributed by atoms with van der Waals surface area (Å²) in [6.45, 7) is 2.67. The van der Waals surface area contributed by atoms with Crippen LogP contribution in [0, 0.1) is 12.7 Å². The van der Waals surface area contributed by atoms with E-state index in [2.05, 4.69) is 41.7 Å². The van der Waals surface area contributed by atoms with Crippen LogP contribution in [0.5, 0.6) is 0 Å². The number of rotatable bonds is 4. The largest absolute Gasteiger partial charge is 0.380 e. The van der Waals surface area contributed by atoms with Crippen LogP contribution in [-0.4, -0.2) is 0 Å². The fraction of sp³-hybridized carbons (Fsp3) is 0.111. The summed E-state index contributed by atoms with van der Waals surface area (Å²) < 4.78 is 13.1. The molecule has 0 aliphatic heterocycles. The van der Waals surface area contributed by atoms with Crippen LogP contribution >= 0.6 is 11.3 Å². The fourth-order valence-electron chi connectivity index (χ4n) is 2.24. The zero-order valence-electron chi connectivity index (χ0n) is 11.8. The molecule has 0 fully saturated rings. The summed E-state index contributed by atoms with van der Waals surface area (Å²) in [7, 11) is 0. The minimum atomic E-state index is -0.194. The number of hydrogen-bond donors (Lipinski definition) is 1. The van der Waals surface area contributed by atoms with Crippen molar-refractivity contribution in [3.63, 3.8) is 0 Å². The van der Waals surface area contributed by atoms with Gasteiger partial charge in [0.15, 0.2) is 0 Å². The van der Waals surface area contributed by atoms with Gasteiger partial charge in [0.05, 0.1) is 0 Å². The predicted molar refractivity (Wildman–Crippen MR) is 88.2 cm³/mol. The molecule has 0 amide bonds. The first-order valence-corrected chi connectivity index (χ1v) is 7.68. The average Bonchev–Trinajstić information content (AvgIpc) is 2.96. The van der Waals surface area contributed by atoms with Crippen molar-refractivity contribution in [1.82, 2.24) is 0 Å². The van der Waals surface area contributed by atoms with Crippen molar-refractivity contribution < 1.29 is 4.39 Å². The molecule has 3 aromatic rings. The molecule has 0 aliphatic rings. The number of halogens is 1. The van der Waals surface area contributed by atoms with Crippen LogP contribution in [-0.2, 0) is 6.54 Å². The molecule has 0 aliphatic carbocycles. The molecule has 0 spiro atoms. The molecule has 0 unspecified atom stereocenters. The van der Waals surface area contributed by atoms with E-state index in [1.807, 2.05) is 13.0 Å². The first-order chi connectivity index (χ1) is 10.2. The summed E-state index contributed by atoms with van der Waals surface area (Å²) >= 11 is 1.78. The van der Waals surface area contributed by atoms with Gasteiger partial charge in [-0.15, -0.1) is 11.3 Å². The summed E-state index contributed by atoms with van der Waals surface area (Å²) in [5.74, 6) is -0.194. The number of benzene rings is 2. The molecule has 0 bridgehead atoms. The molecule has 0 saturated carbocycles. The van der Waals surface area contributed by atoms with Gasteiger partial charge in [0.2, 0.25) is 0 Å². The molecule has 1 aromatic heterocycles. The second-order valence-corrected chi connectivity index (χ2v) is 6.11. The van der Waals surface area contributed by atoms with E-state index >= 15 is 0 Å². The van der Waals surface area contributed by atoms with Gasteiger partial charge in [0.25, 0.3) is 0 Å². The lowest BCUT2D eigenvalue weighted by molar-refractivity contribution is 0.627. The standard InChI is InChI=1S/C18H16FNS/c1-13-11-15(19)7-9-17(13)20-12-16-8-10-18(21-16)14-5-3-2-4-6-14/h2-11,20H,12H2,1H3. The van der Waals surface area contributed by atoms with E-state index < -0.39 is 0 Å². The van der Waals surface area contributed by atoms with E-state index in [-0.39, 0.29) is 5.82 Å². The lowest BCUT2D eigenvalue weighted by Gasteiger charge is -2.08. The summed E-state index contributed by atoms with van der Waals surface area (Å²) in [6.07, 6.45) is 0. The number of nitrogens with one attached hydrogen (secondary N) is 1. The highest BCUT2D eigenvalue weighted by atomic mass is 32.1. The highest BCUT2D eigenvalue weighted by Crippen LogP contribution is 2.28. The maximum Gasteiger partial charge on any atom is 0.123 e. The van der Waals surface area contributed by atoms with Gasteiger partial charge in [0.1, 0.15) is 5.82 Å². The minimum absolute atomic E-state index is 0.194. The Morgan fingerprint density at radius 1 is 1.00 bits per heavy atom. The maximum atomic E-state index is 13.1. The molecule has 106 valence electrons. The maximum absolute atomic E-state index is 13.1. The Morgan fingerprint density at radius 2 is 1.81 bits per heavy atom. The van der Waals surface area contributed by atoms with Gasteiger partial charge >= 0.3 is 0 Å². The van der Waals surface area contributed by atoms with Crippen molar-refractivity contribution in [2.24, 2.45) is 0 Å². The zero-order valence-corrected chi connectivity index (χ0v) is 12.6. The van der Waals surface area contributed by atoms with Gasteiger partial charge in [-0.05, 0) is 48.4 Å². The van der Waals surface area contributed by atoms with E-state index in [1.54, 1.807) is 23.5 Å². The monoisotopic (exact) mass is 297 g/mol. The number of hydrogen-bond acceptors (Lipinski definition) is 2. The first kappa shape index (κ1) is 13.8. The Balaban J connectivity index is 1.70. The highest BCUT2D eigenvalue weighted by Gasteiger charge is 2.04. The van der Waals surface area contributed by atoms with E-state index in [4.69, 9.17) is 0 Å². The Kier molecular flexibility index (Phi) is 4.02. The molecule has 21 heavy (non-hydrogen) atoms. The van der Waals surface area contributed by atoms with Crippen molar-refractivity contribution >= 4 is 17.0 Å². The second kappa shape index (κ2) is 6.10. The number of aryl methyl sites for hydroxylation is 1. The van der Waals surface area contributed by atoms with E-state index in [9.17, 15) is 4.39 Å². The van der Waals surface area contributed by atoms with Gasteiger partial charge in [-0.25, -0.2) is 4.39 Å². The first-order valence-electron chi connectivity index (χ1n) is 6.86. The molecular formula is C18H16FNS. The summed E-state index contributed by atoms with van der Waals surface area (Å²) in [5, 5.41) is 3.36. The normalized spacial score (nSPS) is 10.6. The van der Waals surface area contributed by atoms with Gasteiger partial charge in [-0.2, -0.15) is 0 Å². The molecule has 3 heteroatoms. The lowest BCUT2D eigenvalue weighted by atomic mass is 10.2. The molecule has 0 radical (unpaired) electrons. The summed E-state index contributed by atoms with van der Waals surface area (Å²) in [4.78, 5) is 2.53. The molecule has 3 rings (SSSR count).